The van der Waals surface area contributed by atoms with E-state index in [-0.39, 0.29) is 0 Å². The lowest BCUT2D eigenvalue weighted by Gasteiger charge is -2.42. The van der Waals surface area contributed by atoms with Crippen molar-refractivity contribution < 1.29 is 0 Å². The molecule has 0 spiro atoms. The SMILES string of the molecule is CCC(C)N1CC(NCC2CC2)CC(C(C)C)C1. The minimum atomic E-state index is 0.737. The fraction of sp³-hybridized carbons (Fsp3) is 1.00. The Balaban J connectivity index is 1.87. The van der Waals surface area contributed by atoms with Crippen LogP contribution in [-0.4, -0.2) is 36.6 Å². The molecule has 1 aliphatic heterocycles. The van der Waals surface area contributed by atoms with Gasteiger partial charge < -0.3 is 5.32 Å². The van der Waals surface area contributed by atoms with Gasteiger partial charge in [-0.2, -0.15) is 0 Å². The zero-order valence-corrected chi connectivity index (χ0v) is 12.8. The molecule has 0 aromatic heterocycles. The zero-order chi connectivity index (χ0) is 13.1. The fourth-order valence-electron chi connectivity index (χ4n) is 3.08. The van der Waals surface area contributed by atoms with Gasteiger partial charge in [-0.15, -0.1) is 0 Å². The number of nitrogens with one attached hydrogen (secondary N) is 1. The molecule has 0 aromatic rings. The molecule has 2 fully saturated rings. The fourth-order valence-corrected chi connectivity index (χ4v) is 3.08. The van der Waals surface area contributed by atoms with Crippen molar-refractivity contribution in [3.63, 3.8) is 0 Å². The third-order valence-electron chi connectivity index (χ3n) is 5.06. The summed E-state index contributed by atoms with van der Waals surface area (Å²) in [5.74, 6) is 2.70. The van der Waals surface area contributed by atoms with Crippen LogP contribution in [0.2, 0.25) is 0 Å². The highest BCUT2D eigenvalue weighted by Crippen LogP contribution is 2.29. The van der Waals surface area contributed by atoms with E-state index in [0.717, 1.165) is 29.8 Å². The molecular weight excluding hydrogens is 220 g/mol. The van der Waals surface area contributed by atoms with Gasteiger partial charge in [0.15, 0.2) is 0 Å². The first-order valence-corrected chi connectivity index (χ1v) is 8.07. The monoisotopic (exact) mass is 252 g/mol. The lowest BCUT2D eigenvalue weighted by Crippen LogP contribution is -2.53. The van der Waals surface area contributed by atoms with Crippen molar-refractivity contribution in [1.29, 1.82) is 0 Å². The van der Waals surface area contributed by atoms with E-state index >= 15 is 0 Å². The van der Waals surface area contributed by atoms with Gasteiger partial charge in [-0.25, -0.2) is 0 Å². The van der Waals surface area contributed by atoms with Crippen LogP contribution in [0.3, 0.4) is 0 Å². The molecular formula is C16H32N2. The van der Waals surface area contributed by atoms with Crippen molar-refractivity contribution in [3.8, 4) is 0 Å². The van der Waals surface area contributed by atoms with E-state index in [0.29, 0.717) is 0 Å². The average Bonchev–Trinajstić information content (AvgIpc) is 3.19. The Labute approximate surface area is 114 Å². The number of hydrogen-bond acceptors (Lipinski definition) is 2. The van der Waals surface area contributed by atoms with Crippen molar-refractivity contribution >= 4 is 0 Å². The minimum Gasteiger partial charge on any atom is -0.312 e. The second-order valence-corrected chi connectivity index (χ2v) is 7.00. The molecule has 1 heterocycles. The van der Waals surface area contributed by atoms with Crippen LogP contribution in [0.25, 0.3) is 0 Å². The molecule has 1 saturated carbocycles. The molecule has 2 rings (SSSR count). The van der Waals surface area contributed by atoms with Gasteiger partial charge in [-0.3, -0.25) is 4.90 Å². The van der Waals surface area contributed by atoms with Crippen molar-refractivity contribution in [2.75, 3.05) is 19.6 Å². The third kappa shape index (κ3) is 3.96. The van der Waals surface area contributed by atoms with Gasteiger partial charge in [0.1, 0.15) is 0 Å². The first-order chi connectivity index (χ1) is 8.60. The second-order valence-electron chi connectivity index (χ2n) is 7.00. The predicted molar refractivity (Wildman–Crippen MR) is 78.8 cm³/mol. The normalized spacial score (nSPS) is 31.8. The summed E-state index contributed by atoms with van der Waals surface area (Å²) in [4.78, 5) is 2.72. The summed E-state index contributed by atoms with van der Waals surface area (Å²) in [7, 11) is 0. The van der Waals surface area contributed by atoms with E-state index in [1.54, 1.807) is 0 Å². The van der Waals surface area contributed by atoms with Crippen LogP contribution >= 0.6 is 0 Å². The topological polar surface area (TPSA) is 15.3 Å². The maximum absolute atomic E-state index is 3.84. The van der Waals surface area contributed by atoms with Crippen LogP contribution in [0.15, 0.2) is 0 Å². The smallest absolute Gasteiger partial charge is 0.0198 e. The zero-order valence-electron chi connectivity index (χ0n) is 12.8. The van der Waals surface area contributed by atoms with Gasteiger partial charge in [0, 0.05) is 25.2 Å². The maximum Gasteiger partial charge on any atom is 0.0198 e. The lowest BCUT2D eigenvalue weighted by molar-refractivity contribution is 0.0825. The Morgan fingerprint density at radius 1 is 1.17 bits per heavy atom. The highest BCUT2D eigenvalue weighted by Gasteiger charge is 2.31. The molecule has 0 bridgehead atoms. The number of piperidine rings is 1. The van der Waals surface area contributed by atoms with E-state index in [9.17, 15) is 0 Å². The second kappa shape index (κ2) is 6.38. The molecule has 1 N–H and O–H groups in total. The Morgan fingerprint density at radius 2 is 1.89 bits per heavy atom. The minimum absolute atomic E-state index is 0.737. The molecule has 18 heavy (non-hydrogen) atoms. The molecule has 0 aromatic carbocycles. The van der Waals surface area contributed by atoms with Gasteiger partial charge in [0.05, 0.1) is 0 Å². The molecule has 106 valence electrons. The highest BCUT2D eigenvalue weighted by atomic mass is 15.2. The van der Waals surface area contributed by atoms with Gasteiger partial charge in [0.25, 0.3) is 0 Å². The van der Waals surface area contributed by atoms with Gasteiger partial charge in [-0.05, 0) is 56.9 Å². The number of rotatable bonds is 6. The first-order valence-electron chi connectivity index (χ1n) is 8.07. The van der Waals surface area contributed by atoms with Crippen LogP contribution < -0.4 is 5.32 Å². The van der Waals surface area contributed by atoms with Crippen molar-refractivity contribution in [3.05, 3.63) is 0 Å². The standard InChI is InChI=1S/C16H32N2/c1-5-13(4)18-10-15(12(2)3)8-16(11-18)17-9-14-6-7-14/h12-17H,5-11H2,1-4H3. The molecule has 3 unspecified atom stereocenters. The summed E-state index contributed by atoms with van der Waals surface area (Å²) in [5.41, 5.74) is 0. The summed E-state index contributed by atoms with van der Waals surface area (Å²) in [6.45, 7) is 13.3. The van der Waals surface area contributed by atoms with Crippen LogP contribution in [0.5, 0.6) is 0 Å². The van der Waals surface area contributed by atoms with Crippen LogP contribution in [-0.2, 0) is 0 Å². The Hall–Kier alpha value is -0.0800. The largest absolute Gasteiger partial charge is 0.312 e. The van der Waals surface area contributed by atoms with E-state index in [1.165, 1.54) is 45.3 Å². The molecule has 0 amide bonds. The number of nitrogens with zero attached hydrogens (tertiary/aromatic N) is 1. The van der Waals surface area contributed by atoms with E-state index < -0.39 is 0 Å². The van der Waals surface area contributed by atoms with Gasteiger partial charge in [-0.1, -0.05) is 20.8 Å². The summed E-state index contributed by atoms with van der Waals surface area (Å²) in [5, 5.41) is 3.84. The Bertz CT molecular complexity index is 247. The van der Waals surface area contributed by atoms with E-state index in [4.69, 9.17) is 0 Å². The van der Waals surface area contributed by atoms with Crippen molar-refractivity contribution in [2.45, 2.75) is 65.5 Å². The Morgan fingerprint density at radius 3 is 2.44 bits per heavy atom. The lowest BCUT2D eigenvalue weighted by atomic mass is 9.84. The number of likely N-dealkylation sites (tertiary alicyclic amines) is 1. The highest BCUT2D eigenvalue weighted by molar-refractivity contribution is 4.88. The molecule has 3 atom stereocenters. The van der Waals surface area contributed by atoms with E-state index in [1.807, 2.05) is 0 Å². The summed E-state index contributed by atoms with van der Waals surface area (Å²) >= 11 is 0. The van der Waals surface area contributed by atoms with Crippen molar-refractivity contribution in [2.24, 2.45) is 17.8 Å². The molecule has 2 aliphatic rings. The Kier molecular flexibility index (Phi) is 5.08. The van der Waals surface area contributed by atoms with Crippen LogP contribution in [0.4, 0.5) is 0 Å². The summed E-state index contributed by atoms with van der Waals surface area (Å²) < 4.78 is 0. The first kappa shape index (κ1) is 14.3. The van der Waals surface area contributed by atoms with Gasteiger partial charge in [0.2, 0.25) is 0 Å². The molecule has 0 radical (unpaired) electrons. The quantitative estimate of drug-likeness (QED) is 0.781. The molecule has 2 heteroatoms. The van der Waals surface area contributed by atoms with Crippen molar-refractivity contribution in [1.82, 2.24) is 10.2 Å². The maximum atomic E-state index is 3.84. The number of hydrogen-bond donors (Lipinski definition) is 1. The molecule has 1 aliphatic carbocycles. The van der Waals surface area contributed by atoms with Crippen LogP contribution in [0, 0.1) is 17.8 Å². The summed E-state index contributed by atoms with van der Waals surface area (Å²) in [6.07, 6.45) is 5.59. The predicted octanol–water partition coefficient (Wildman–Crippen LogP) is 3.13. The summed E-state index contributed by atoms with van der Waals surface area (Å²) in [6, 6.07) is 1.48. The third-order valence-corrected chi connectivity index (χ3v) is 5.06. The molecule has 1 saturated heterocycles. The molecule has 2 nitrogen and oxygen atoms in total. The average molecular weight is 252 g/mol. The van der Waals surface area contributed by atoms with Gasteiger partial charge >= 0.3 is 0 Å². The van der Waals surface area contributed by atoms with Crippen LogP contribution in [0.1, 0.15) is 53.4 Å². The van der Waals surface area contributed by atoms with E-state index in [2.05, 4.69) is 37.9 Å².